The third-order valence-electron chi connectivity index (χ3n) is 5.82. The number of hydrogen-bond donors (Lipinski definition) is 2. The molecule has 2 N–H and O–H groups in total. The van der Waals surface area contributed by atoms with E-state index in [4.69, 9.17) is 4.74 Å². The number of nitrogens with one attached hydrogen (secondary N) is 2. The van der Waals surface area contributed by atoms with Crippen molar-refractivity contribution < 1.29 is 14.3 Å². The number of aromatic nitrogens is 4. The molecule has 0 unspecified atom stereocenters. The fraction of sp³-hybridized carbons (Fsp3) is 0.400. The van der Waals surface area contributed by atoms with Gasteiger partial charge in [-0.2, -0.15) is 4.98 Å². The molecule has 11 heteroatoms. The smallest absolute Gasteiger partial charge is 0.411 e. The monoisotopic (exact) mass is 492 g/mol. The maximum atomic E-state index is 12.0. The van der Waals surface area contributed by atoms with Crippen LogP contribution in [0.5, 0.6) is 0 Å². The van der Waals surface area contributed by atoms with Gasteiger partial charge in [-0.15, -0.1) is 5.10 Å². The molecule has 0 spiro atoms. The number of benzene rings is 1. The Labute approximate surface area is 210 Å². The summed E-state index contributed by atoms with van der Waals surface area (Å²) in [6.45, 7) is 10.8. The second-order valence-electron chi connectivity index (χ2n) is 9.20. The number of pyridine rings is 1. The van der Waals surface area contributed by atoms with Crippen molar-refractivity contribution in [3.8, 4) is 5.69 Å². The molecule has 36 heavy (non-hydrogen) atoms. The molecule has 1 aromatic carbocycles. The Balaban J connectivity index is 1.41. The van der Waals surface area contributed by atoms with E-state index in [2.05, 4.69) is 44.4 Å². The number of piperazine rings is 1. The van der Waals surface area contributed by atoms with Crippen molar-refractivity contribution in [3.63, 3.8) is 0 Å². The van der Waals surface area contributed by atoms with Gasteiger partial charge in [0.2, 0.25) is 11.9 Å². The molecular weight excluding hydrogens is 460 g/mol. The molecular formula is C25H32N8O3. The summed E-state index contributed by atoms with van der Waals surface area (Å²) in [6, 6.07) is 11.2. The Morgan fingerprint density at radius 1 is 1.03 bits per heavy atom. The summed E-state index contributed by atoms with van der Waals surface area (Å²) >= 11 is 0. The van der Waals surface area contributed by atoms with Crippen LogP contribution in [0.3, 0.4) is 0 Å². The van der Waals surface area contributed by atoms with E-state index >= 15 is 0 Å². The first-order valence-electron chi connectivity index (χ1n) is 12.0. The van der Waals surface area contributed by atoms with Crippen LogP contribution >= 0.6 is 0 Å². The van der Waals surface area contributed by atoms with Gasteiger partial charge in [-0.05, 0) is 58.0 Å². The standard InChI is InChI=1S/C25H32N8O3/c1-16(2)36-25(35)29-21-8-6-20(7-9-21)28-24-27-15-32(30-24)22-10-11-26-23(12-22)31-13-17(3)33(19(5)34)18(4)14-31/h6-12,15-18H,13-14H2,1-5H3,(H,28,30)(H,29,35)/t17-,18+. The molecule has 0 radical (unpaired) electrons. The molecule has 0 bridgehead atoms. The van der Waals surface area contributed by atoms with Gasteiger partial charge in [-0.3, -0.25) is 10.1 Å². The Hall–Kier alpha value is -4.15. The minimum Gasteiger partial charge on any atom is -0.447 e. The van der Waals surface area contributed by atoms with Crippen LogP contribution in [0.2, 0.25) is 0 Å². The normalized spacial score (nSPS) is 17.7. The molecule has 3 aromatic rings. The number of carbonyl (C=O) groups is 2. The summed E-state index contributed by atoms with van der Waals surface area (Å²) in [5, 5.41) is 10.4. The highest BCUT2D eigenvalue weighted by Gasteiger charge is 2.31. The maximum absolute atomic E-state index is 12.0. The molecule has 190 valence electrons. The average molecular weight is 493 g/mol. The topological polar surface area (TPSA) is 118 Å². The maximum Gasteiger partial charge on any atom is 0.411 e. The summed E-state index contributed by atoms with van der Waals surface area (Å²) in [6.07, 6.45) is 2.71. The van der Waals surface area contributed by atoms with E-state index in [0.29, 0.717) is 24.7 Å². The Bertz CT molecular complexity index is 1200. The zero-order valence-electron chi connectivity index (χ0n) is 21.2. The largest absolute Gasteiger partial charge is 0.447 e. The number of hydrogen-bond acceptors (Lipinski definition) is 8. The summed E-state index contributed by atoms with van der Waals surface area (Å²) in [7, 11) is 0. The lowest BCUT2D eigenvalue weighted by Gasteiger charge is -2.44. The minimum absolute atomic E-state index is 0.0959. The lowest BCUT2D eigenvalue weighted by atomic mass is 10.1. The van der Waals surface area contributed by atoms with Crippen molar-refractivity contribution in [3.05, 3.63) is 48.9 Å². The van der Waals surface area contributed by atoms with Crippen LogP contribution < -0.4 is 15.5 Å². The SMILES string of the molecule is CC(=O)N1[C@H](C)CN(c2cc(-n3cnc(Nc4ccc(NC(=O)OC(C)C)cc4)n3)ccn2)C[C@@H]1C. The van der Waals surface area contributed by atoms with Gasteiger partial charge in [0.05, 0.1) is 11.8 Å². The fourth-order valence-electron chi connectivity index (χ4n) is 4.43. The summed E-state index contributed by atoms with van der Waals surface area (Å²) in [5.74, 6) is 1.36. The van der Waals surface area contributed by atoms with E-state index in [1.54, 1.807) is 50.1 Å². The van der Waals surface area contributed by atoms with Crippen molar-refractivity contribution in [2.24, 2.45) is 0 Å². The van der Waals surface area contributed by atoms with Crippen LogP contribution in [-0.2, 0) is 9.53 Å². The van der Waals surface area contributed by atoms with Crippen molar-refractivity contribution in [1.82, 2.24) is 24.6 Å². The molecule has 1 aliphatic heterocycles. The summed E-state index contributed by atoms with van der Waals surface area (Å²) < 4.78 is 6.77. The third-order valence-corrected chi connectivity index (χ3v) is 5.82. The first-order chi connectivity index (χ1) is 17.2. The zero-order chi connectivity index (χ0) is 25.8. The van der Waals surface area contributed by atoms with E-state index in [1.165, 1.54) is 0 Å². The van der Waals surface area contributed by atoms with Crippen LogP contribution in [0.4, 0.5) is 27.9 Å². The quantitative estimate of drug-likeness (QED) is 0.533. The number of amides is 2. The number of nitrogens with zero attached hydrogens (tertiary/aromatic N) is 6. The van der Waals surface area contributed by atoms with Crippen LogP contribution in [0, 0.1) is 0 Å². The number of ether oxygens (including phenoxy) is 1. The zero-order valence-corrected chi connectivity index (χ0v) is 21.2. The van der Waals surface area contributed by atoms with Crippen molar-refractivity contribution in [2.75, 3.05) is 28.6 Å². The van der Waals surface area contributed by atoms with E-state index in [0.717, 1.165) is 17.2 Å². The highest BCUT2D eigenvalue weighted by atomic mass is 16.6. The molecule has 4 rings (SSSR count). The highest BCUT2D eigenvalue weighted by Crippen LogP contribution is 2.23. The molecule has 1 aliphatic rings. The molecule has 3 heterocycles. The van der Waals surface area contributed by atoms with Crippen molar-refractivity contribution in [2.45, 2.75) is 52.8 Å². The van der Waals surface area contributed by atoms with Crippen LogP contribution in [0.25, 0.3) is 5.69 Å². The highest BCUT2D eigenvalue weighted by molar-refractivity contribution is 5.85. The van der Waals surface area contributed by atoms with Crippen LogP contribution in [-0.4, -0.2) is 67.9 Å². The van der Waals surface area contributed by atoms with E-state index in [1.807, 2.05) is 29.2 Å². The number of anilines is 4. The lowest BCUT2D eigenvalue weighted by molar-refractivity contribution is -0.133. The summed E-state index contributed by atoms with van der Waals surface area (Å²) in [4.78, 5) is 36.7. The van der Waals surface area contributed by atoms with Gasteiger partial charge in [0.1, 0.15) is 12.1 Å². The number of carbonyl (C=O) groups excluding carboxylic acids is 2. The molecule has 1 fully saturated rings. The second-order valence-corrected chi connectivity index (χ2v) is 9.20. The average Bonchev–Trinajstić information content (AvgIpc) is 3.28. The van der Waals surface area contributed by atoms with Gasteiger partial charge in [-0.25, -0.2) is 14.5 Å². The predicted octanol–water partition coefficient (Wildman–Crippen LogP) is 3.81. The summed E-state index contributed by atoms with van der Waals surface area (Å²) in [5.41, 5.74) is 2.23. The van der Waals surface area contributed by atoms with Crippen LogP contribution in [0.1, 0.15) is 34.6 Å². The van der Waals surface area contributed by atoms with Gasteiger partial charge in [-0.1, -0.05) is 0 Å². The van der Waals surface area contributed by atoms with Gasteiger partial charge in [0.15, 0.2) is 0 Å². The van der Waals surface area contributed by atoms with Gasteiger partial charge < -0.3 is 19.9 Å². The Kier molecular flexibility index (Phi) is 7.37. The fourth-order valence-corrected chi connectivity index (χ4v) is 4.43. The van der Waals surface area contributed by atoms with Crippen molar-refractivity contribution >= 4 is 35.1 Å². The van der Waals surface area contributed by atoms with E-state index < -0.39 is 6.09 Å². The first kappa shape index (κ1) is 25.0. The molecule has 11 nitrogen and oxygen atoms in total. The predicted molar refractivity (Wildman–Crippen MR) is 138 cm³/mol. The van der Waals surface area contributed by atoms with Gasteiger partial charge >= 0.3 is 6.09 Å². The molecule has 2 aromatic heterocycles. The molecule has 2 atom stereocenters. The van der Waals surface area contributed by atoms with Gasteiger partial charge in [0, 0.05) is 55.7 Å². The molecule has 0 saturated carbocycles. The Morgan fingerprint density at radius 2 is 1.69 bits per heavy atom. The second kappa shape index (κ2) is 10.6. The minimum atomic E-state index is -0.493. The van der Waals surface area contributed by atoms with Crippen LogP contribution in [0.15, 0.2) is 48.9 Å². The third kappa shape index (κ3) is 5.91. The molecule has 0 aliphatic carbocycles. The van der Waals surface area contributed by atoms with Crippen molar-refractivity contribution in [1.29, 1.82) is 0 Å². The first-order valence-corrected chi connectivity index (χ1v) is 12.0. The number of rotatable bonds is 6. The van der Waals surface area contributed by atoms with Gasteiger partial charge in [0.25, 0.3) is 0 Å². The van der Waals surface area contributed by atoms with E-state index in [-0.39, 0.29) is 24.1 Å². The Morgan fingerprint density at radius 3 is 2.33 bits per heavy atom. The van der Waals surface area contributed by atoms with E-state index in [9.17, 15) is 9.59 Å². The molecule has 2 amide bonds. The lowest BCUT2D eigenvalue weighted by Crippen LogP contribution is -2.58. The molecule has 1 saturated heterocycles.